The first kappa shape index (κ1) is 12.7. The van der Waals surface area contributed by atoms with Gasteiger partial charge in [-0.1, -0.05) is 15.9 Å². The summed E-state index contributed by atoms with van der Waals surface area (Å²) in [5.74, 6) is -1.40. The second-order valence-corrected chi connectivity index (χ2v) is 5.41. The molecular formula is C12H11BrFNO4. The molecule has 0 radical (unpaired) electrons. The van der Waals surface area contributed by atoms with Gasteiger partial charge in [0.25, 0.3) is 0 Å². The molecule has 0 bridgehead atoms. The van der Waals surface area contributed by atoms with E-state index in [0.29, 0.717) is 28.8 Å². The number of fused-ring (bicyclic) bond motifs is 1. The molecule has 0 spiro atoms. The average Bonchev–Trinajstić information content (AvgIpc) is 2.97. The minimum Gasteiger partial charge on any atom is -0.481 e. The van der Waals surface area contributed by atoms with Gasteiger partial charge in [-0.15, -0.1) is 0 Å². The van der Waals surface area contributed by atoms with Crippen LogP contribution in [0.3, 0.4) is 0 Å². The van der Waals surface area contributed by atoms with Gasteiger partial charge in [0.05, 0.1) is 5.92 Å². The SMILES string of the molecule is O=C(O)C1CNC(c2c(Br)cc3c(c2F)OCO3)C1. The highest BCUT2D eigenvalue weighted by Gasteiger charge is 2.35. The lowest BCUT2D eigenvalue weighted by molar-refractivity contribution is -0.141. The van der Waals surface area contributed by atoms with Gasteiger partial charge in [0.2, 0.25) is 12.5 Å². The molecule has 5 nitrogen and oxygen atoms in total. The number of hydrogen-bond acceptors (Lipinski definition) is 4. The van der Waals surface area contributed by atoms with Crippen LogP contribution in [-0.4, -0.2) is 24.4 Å². The fourth-order valence-corrected chi connectivity index (χ4v) is 3.11. The van der Waals surface area contributed by atoms with Crippen LogP contribution in [0.4, 0.5) is 4.39 Å². The minimum atomic E-state index is -0.868. The van der Waals surface area contributed by atoms with Crippen LogP contribution in [0.25, 0.3) is 0 Å². The van der Waals surface area contributed by atoms with Crippen molar-refractivity contribution < 1.29 is 23.8 Å². The Bertz CT molecular complexity index is 551. The summed E-state index contributed by atoms with van der Waals surface area (Å²) in [6.07, 6.45) is 0.352. The molecule has 1 saturated heterocycles. The molecule has 3 rings (SSSR count). The van der Waals surface area contributed by atoms with Crippen LogP contribution in [0.1, 0.15) is 18.0 Å². The van der Waals surface area contributed by atoms with Gasteiger partial charge in [0.1, 0.15) is 0 Å². The molecule has 2 aliphatic heterocycles. The molecule has 1 fully saturated rings. The van der Waals surface area contributed by atoms with E-state index in [1.54, 1.807) is 6.07 Å². The molecule has 2 atom stereocenters. The molecule has 2 unspecified atom stereocenters. The van der Waals surface area contributed by atoms with Gasteiger partial charge in [0, 0.05) is 22.6 Å². The Balaban J connectivity index is 1.96. The third-order valence-electron chi connectivity index (χ3n) is 3.42. The lowest BCUT2D eigenvalue weighted by Crippen LogP contribution is -2.18. The van der Waals surface area contributed by atoms with Gasteiger partial charge in [0.15, 0.2) is 11.6 Å². The van der Waals surface area contributed by atoms with Crippen molar-refractivity contribution in [2.45, 2.75) is 12.5 Å². The van der Waals surface area contributed by atoms with E-state index in [2.05, 4.69) is 21.2 Å². The second-order valence-electron chi connectivity index (χ2n) is 4.55. The third-order valence-corrected chi connectivity index (χ3v) is 4.08. The predicted molar refractivity (Wildman–Crippen MR) is 66.7 cm³/mol. The Morgan fingerprint density at radius 1 is 1.53 bits per heavy atom. The topological polar surface area (TPSA) is 67.8 Å². The summed E-state index contributed by atoms with van der Waals surface area (Å²) in [7, 11) is 0. The monoisotopic (exact) mass is 331 g/mol. The number of hydrogen-bond donors (Lipinski definition) is 2. The standard InChI is InChI=1S/C12H11BrFNO4/c13-6-2-8-11(19-4-18-8)10(14)9(6)7-1-5(3-15-7)12(16)17/h2,5,7,15H,1,3-4H2,(H,16,17). The number of benzene rings is 1. The number of carboxylic acids is 1. The van der Waals surface area contributed by atoms with Crippen LogP contribution in [0.2, 0.25) is 0 Å². The van der Waals surface area contributed by atoms with E-state index < -0.39 is 17.7 Å². The van der Waals surface area contributed by atoms with Gasteiger partial charge in [-0.05, 0) is 12.5 Å². The molecule has 2 N–H and O–H groups in total. The van der Waals surface area contributed by atoms with E-state index in [0.717, 1.165) is 0 Å². The van der Waals surface area contributed by atoms with Gasteiger partial charge >= 0.3 is 5.97 Å². The smallest absolute Gasteiger partial charge is 0.307 e. The van der Waals surface area contributed by atoms with Gasteiger partial charge < -0.3 is 19.9 Å². The van der Waals surface area contributed by atoms with Crippen molar-refractivity contribution in [3.63, 3.8) is 0 Å². The number of aliphatic carboxylic acids is 1. The van der Waals surface area contributed by atoms with Crippen molar-refractivity contribution >= 4 is 21.9 Å². The minimum absolute atomic E-state index is 0.00199. The molecule has 0 amide bonds. The zero-order valence-electron chi connectivity index (χ0n) is 9.78. The molecule has 7 heteroatoms. The van der Waals surface area contributed by atoms with E-state index in [1.807, 2.05) is 0 Å². The number of carbonyl (C=O) groups is 1. The highest BCUT2D eigenvalue weighted by atomic mass is 79.9. The van der Waals surface area contributed by atoms with Crippen LogP contribution in [0.15, 0.2) is 10.5 Å². The van der Waals surface area contributed by atoms with E-state index in [1.165, 1.54) is 0 Å². The summed E-state index contributed by atoms with van der Waals surface area (Å²) >= 11 is 3.30. The Morgan fingerprint density at radius 2 is 2.32 bits per heavy atom. The summed E-state index contributed by atoms with van der Waals surface area (Å²) in [5.41, 5.74) is 0.396. The Labute approximate surface area is 116 Å². The normalized spacial score (nSPS) is 24.7. The van der Waals surface area contributed by atoms with Gasteiger partial charge in [-0.2, -0.15) is 0 Å². The number of halogens is 2. The first-order chi connectivity index (χ1) is 9.08. The third kappa shape index (κ3) is 2.06. The quantitative estimate of drug-likeness (QED) is 0.868. The van der Waals surface area contributed by atoms with Crippen LogP contribution in [0, 0.1) is 11.7 Å². The van der Waals surface area contributed by atoms with E-state index in [9.17, 15) is 9.18 Å². The largest absolute Gasteiger partial charge is 0.481 e. The molecular weight excluding hydrogens is 321 g/mol. The summed E-state index contributed by atoms with van der Waals surface area (Å²) in [5, 5.41) is 12.0. The molecule has 0 aromatic heterocycles. The van der Waals surface area contributed by atoms with E-state index in [-0.39, 0.29) is 18.6 Å². The number of rotatable bonds is 2. The molecule has 0 aliphatic carbocycles. The first-order valence-corrected chi connectivity index (χ1v) is 6.61. The van der Waals surface area contributed by atoms with Crippen molar-refractivity contribution in [2.24, 2.45) is 5.92 Å². The average molecular weight is 332 g/mol. The fourth-order valence-electron chi connectivity index (χ4n) is 2.45. The van der Waals surface area contributed by atoms with Crippen molar-refractivity contribution in [2.75, 3.05) is 13.3 Å². The maximum absolute atomic E-state index is 14.4. The van der Waals surface area contributed by atoms with Crippen LogP contribution >= 0.6 is 15.9 Å². The summed E-state index contributed by atoms with van der Waals surface area (Å²) in [4.78, 5) is 10.9. The van der Waals surface area contributed by atoms with Crippen LogP contribution in [-0.2, 0) is 4.79 Å². The molecule has 1 aromatic rings. The van der Waals surface area contributed by atoms with Gasteiger partial charge in [-0.25, -0.2) is 4.39 Å². The van der Waals surface area contributed by atoms with Crippen molar-refractivity contribution in [3.8, 4) is 11.5 Å². The highest BCUT2D eigenvalue weighted by molar-refractivity contribution is 9.10. The maximum Gasteiger partial charge on any atom is 0.307 e. The second kappa shape index (κ2) is 4.64. The zero-order valence-corrected chi connectivity index (χ0v) is 11.4. The fraction of sp³-hybridized carbons (Fsp3) is 0.417. The maximum atomic E-state index is 14.4. The molecule has 0 saturated carbocycles. The van der Waals surface area contributed by atoms with Crippen molar-refractivity contribution in [1.29, 1.82) is 0 Å². The zero-order chi connectivity index (χ0) is 13.6. The molecule has 1 aromatic carbocycles. The summed E-state index contributed by atoms with van der Waals surface area (Å²) < 4.78 is 25.2. The lowest BCUT2D eigenvalue weighted by Gasteiger charge is -2.15. The number of nitrogens with one attached hydrogen (secondary N) is 1. The van der Waals surface area contributed by atoms with Crippen LogP contribution in [0.5, 0.6) is 11.5 Å². The molecule has 2 aliphatic rings. The van der Waals surface area contributed by atoms with E-state index >= 15 is 0 Å². The van der Waals surface area contributed by atoms with Crippen LogP contribution < -0.4 is 14.8 Å². The molecule has 2 heterocycles. The molecule has 19 heavy (non-hydrogen) atoms. The Hall–Kier alpha value is -1.34. The molecule has 102 valence electrons. The number of carboxylic acid groups (broad SMARTS) is 1. The van der Waals surface area contributed by atoms with E-state index in [4.69, 9.17) is 14.6 Å². The predicted octanol–water partition coefficient (Wildman–Crippen LogP) is 2.05. The number of ether oxygens (including phenoxy) is 2. The van der Waals surface area contributed by atoms with Crippen molar-refractivity contribution in [1.82, 2.24) is 5.32 Å². The van der Waals surface area contributed by atoms with Crippen molar-refractivity contribution in [3.05, 3.63) is 21.9 Å². The van der Waals surface area contributed by atoms with Gasteiger partial charge in [-0.3, -0.25) is 4.79 Å². The highest BCUT2D eigenvalue weighted by Crippen LogP contribution is 2.44. The Kier molecular flexibility index (Phi) is 3.10. The lowest BCUT2D eigenvalue weighted by atomic mass is 9.99. The first-order valence-electron chi connectivity index (χ1n) is 5.81. The summed E-state index contributed by atoms with van der Waals surface area (Å²) in [6, 6.07) is 1.31. The Morgan fingerprint density at radius 3 is 3.00 bits per heavy atom. The summed E-state index contributed by atoms with van der Waals surface area (Å²) in [6.45, 7) is 0.332.